The van der Waals surface area contributed by atoms with E-state index in [-0.39, 0.29) is 4.90 Å². The number of rotatable bonds is 3. The van der Waals surface area contributed by atoms with Crippen LogP contribution in [0.5, 0.6) is 5.75 Å². The largest absolute Gasteiger partial charge is 0.497 e. The van der Waals surface area contributed by atoms with E-state index in [2.05, 4.69) is 0 Å². The molecule has 0 saturated carbocycles. The molecule has 1 heterocycles. The molecule has 0 atom stereocenters. The first-order valence-electron chi connectivity index (χ1n) is 6.83. The van der Waals surface area contributed by atoms with E-state index in [1.807, 2.05) is 0 Å². The summed E-state index contributed by atoms with van der Waals surface area (Å²) in [7, 11) is -2.61. The zero-order chi connectivity index (χ0) is 17.4. The molecule has 2 rings (SSSR count). The molecule has 7 nitrogen and oxygen atoms in total. The lowest BCUT2D eigenvalue weighted by Gasteiger charge is -2.15. The van der Waals surface area contributed by atoms with E-state index in [0.717, 1.165) is 17.0 Å². The first-order chi connectivity index (χ1) is 10.6. The molecule has 0 amide bonds. The third-order valence-electron chi connectivity index (χ3n) is 3.22. The van der Waals surface area contributed by atoms with Crippen molar-refractivity contribution in [2.45, 2.75) is 25.7 Å². The molecule has 0 aliphatic heterocycles. The van der Waals surface area contributed by atoms with E-state index in [9.17, 15) is 18.0 Å². The summed E-state index contributed by atoms with van der Waals surface area (Å²) in [6, 6.07) is 5.64. The number of methoxy groups -OCH3 is 1. The third kappa shape index (κ3) is 3.07. The van der Waals surface area contributed by atoms with Crippen LogP contribution in [0, 0.1) is 5.41 Å². The Labute approximate surface area is 134 Å². The molecule has 23 heavy (non-hydrogen) atoms. The fourth-order valence-electron chi connectivity index (χ4n) is 1.92. The van der Waals surface area contributed by atoms with E-state index in [1.165, 1.54) is 31.4 Å². The van der Waals surface area contributed by atoms with E-state index in [0.29, 0.717) is 9.72 Å². The highest BCUT2D eigenvalue weighted by Crippen LogP contribution is 2.18. The number of aromatic nitrogens is 2. The number of hydrogen-bond donors (Lipinski definition) is 0. The molecule has 8 heteroatoms. The molecule has 2 aromatic rings. The molecule has 124 valence electrons. The minimum absolute atomic E-state index is 0.0682. The number of nitrogens with zero attached hydrogens (tertiary/aromatic N) is 2. The Morgan fingerprint density at radius 2 is 1.65 bits per heavy atom. The summed E-state index contributed by atoms with van der Waals surface area (Å²) in [6.07, 6.45) is 2.24. The normalized spacial score (nSPS) is 12.2. The number of carbonyl (C=O) groups excluding carboxylic acids is 1. The minimum Gasteiger partial charge on any atom is -0.497 e. The van der Waals surface area contributed by atoms with Crippen LogP contribution in [0.1, 0.15) is 25.6 Å². The molecule has 0 radical (unpaired) electrons. The minimum atomic E-state index is -4.08. The Kier molecular flexibility index (Phi) is 4.21. The predicted molar refractivity (Wildman–Crippen MR) is 84.4 cm³/mol. The van der Waals surface area contributed by atoms with Crippen LogP contribution in [0.3, 0.4) is 0 Å². The molecule has 0 bridgehead atoms. The van der Waals surface area contributed by atoms with Crippen molar-refractivity contribution >= 4 is 15.9 Å². The second-order valence-electron chi connectivity index (χ2n) is 5.98. The maximum Gasteiger partial charge on any atom is 0.349 e. The zero-order valence-electron chi connectivity index (χ0n) is 13.3. The van der Waals surface area contributed by atoms with E-state index in [4.69, 9.17) is 4.74 Å². The Hall–Kier alpha value is -2.35. The van der Waals surface area contributed by atoms with Crippen LogP contribution in [-0.2, 0) is 10.0 Å². The lowest BCUT2D eigenvalue weighted by atomic mass is 9.96. The van der Waals surface area contributed by atoms with Gasteiger partial charge in [0.2, 0.25) is 5.91 Å². The summed E-state index contributed by atoms with van der Waals surface area (Å²) < 4.78 is 31.4. The van der Waals surface area contributed by atoms with Crippen LogP contribution in [-0.4, -0.2) is 30.0 Å². The van der Waals surface area contributed by atoms with E-state index in [1.54, 1.807) is 20.8 Å². The molecular formula is C15H18N2O5S. The van der Waals surface area contributed by atoms with Gasteiger partial charge in [0, 0.05) is 17.8 Å². The van der Waals surface area contributed by atoms with Gasteiger partial charge >= 0.3 is 5.69 Å². The quantitative estimate of drug-likeness (QED) is 0.848. The molecule has 0 unspecified atom stereocenters. The number of hydrogen-bond acceptors (Lipinski definition) is 5. The van der Waals surface area contributed by atoms with Gasteiger partial charge in [-0.25, -0.2) is 17.8 Å². The number of carbonyl (C=O) groups is 1. The van der Waals surface area contributed by atoms with Gasteiger partial charge in [-0.05, 0) is 24.3 Å². The number of ether oxygens (including phenoxy) is 1. The van der Waals surface area contributed by atoms with Crippen molar-refractivity contribution in [2.24, 2.45) is 5.41 Å². The van der Waals surface area contributed by atoms with Gasteiger partial charge in [-0.15, -0.1) is 0 Å². The topological polar surface area (TPSA) is 87.4 Å². The summed E-state index contributed by atoms with van der Waals surface area (Å²) >= 11 is 0. The summed E-state index contributed by atoms with van der Waals surface area (Å²) in [5, 5.41) is 0. The van der Waals surface area contributed by atoms with Gasteiger partial charge in [0.1, 0.15) is 5.75 Å². The maximum atomic E-state index is 12.5. The predicted octanol–water partition coefficient (Wildman–Crippen LogP) is 1.58. The fraction of sp³-hybridized carbons (Fsp3) is 0.333. The highest BCUT2D eigenvalue weighted by atomic mass is 32.2. The van der Waals surface area contributed by atoms with Crippen LogP contribution in [0.25, 0.3) is 0 Å². The first kappa shape index (κ1) is 17.0. The lowest BCUT2D eigenvalue weighted by molar-refractivity contribution is 0.0762. The fourth-order valence-corrected chi connectivity index (χ4v) is 3.14. The van der Waals surface area contributed by atoms with Gasteiger partial charge in [-0.2, -0.15) is 3.97 Å². The maximum absolute atomic E-state index is 12.5. The van der Waals surface area contributed by atoms with Crippen molar-refractivity contribution in [3.05, 3.63) is 47.1 Å². The average Bonchev–Trinajstić information content (AvgIpc) is 2.87. The summed E-state index contributed by atoms with van der Waals surface area (Å²) in [5.41, 5.74) is -1.72. The van der Waals surface area contributed by atoms with Gasteiger partial charge in [0.25, 0.3) is 10.0 Å². The van der Waals surface area contributed by atoms with Gasteiger partial charge in [0.05, 0.1) is 12.0 Å². The molecule has 0 spiro atoms. The standard InChI is InChI=1S/C15H18N2O5S/c1-15(2,3)13(18)16-9-10-17(14(16)19)23(20,21)12-7-5-11(22-4)6-8-12/h5-10H,1-4H3. The second kappa shape index (κ2) is 5.69. The van der Waals surface area contributed by atoms with Gasteiger partial charge in [0.15, 0.2) is 0 Å². The highest BCUT2D eigenvalue weighted by Gasteiger charge is 2.28. The number of imidazole rings is 1. The van der Waals surface area contributed by atoms with Crippen molar-refractivity contribution in [1.29, 1.82) is 0 Å². The molecule has 0 aliphatic rings. The molecular weight excluding hydrogens is 320 g/mol. The van der Waals surface area contributed by atoms with Gasteiger partial charge in [-0.1, -0.05) is 20.8 Å². The average molecular weight is 338 g/mol. The van der Waals surface area contributed by atoms with Crippen molar-refractivity contribution in [3.8, 4) is 5.75 Å². The zero-order valence-corrected chi connectivity index (χ0v) is 14.1. The van der Waals surface area contributed by atoms with Crippen LogP contribution in [0.4, 0.5) is 0 Å². The Bertz CT molecular complexity index is 883. The van der Waals surface area contributed by atoms with Crippen molar-refractivity contribution in [2.75, 3.05) is 7.11 Å². The lowest BCUT2D eigenvalue weighted by Crippen LogP contribution is -2.37. The summed E-state index contributed by atoms with van der Waals surface area (Å²) in [6.45, 7) is 4.95. The summed E-state index contributed by atoms with van der Waals surface area (Å²) in [5.74, 6) is 0.0166. The smallest absolute Gasteiger partial charge is 0.349 e. The van der Waals surface area contributed by atoms with Crippen LogP contribution in [0.2, 0.25) is 0 Å². The molecule has 0 saturated heterocycles. The summed E-state index contributed by atoms with van der Waals surface area (Å²) in [4.78, 5) is 24.4. The van der Waals surface area contributed by atoms with Crippen molar-refractivity contribution in [3.63, 3.8) is 0 Å². The molecule has 0 aliphatic carbocycles. The van der Waals surface area contributed by atoms with Gasteiger partial charge in [-0.3, -0.25) is 4.79 Å². The monoisotopic (exact) mass is 338 g/mol. The Morgan fingerprint density at radius 3 is 2.13 bits per heavy atom. The SMILES string of the molecule is COc1ccc(S(=O)(=O)n2ccn(C(=O)C(C)(C)C)c2=O)cc1. The van der Waals surface area contributed by atoms with Gasteiger partial charge < -0.3 is 4.74 Å². The Morgan fingerprint density at radius 1 is 1.09 bits per heavy atom. The first-order valence-corrected chi connectivity index (χ1v) is 8.27. The van der Waals surface area contributed by atoms with E-state index < -0.39 is 27.0 Å². The molecule has 0 N–H and O–H groups in total. The Balaban J connectivity index is 2.52. The van der Waals surface area contributed by atoms with Crippen LogP contribution >= 0.6 is 0 Å². The highest BCUT2D eigenvalue weighted by molar-refractivity contribution is 7.90. The molecule has 1 aromatic heterocycles. The van der Waals surface area contributed by atoms with E-state index >= 15 is 0 Å². The van der Waals surface area contributed by atoms with Crippen molar-refractivity contribution < 1.29 is 17.9 Å². The number of benzene rings is 1. The molecule has 0 fully saturated rings. The van der Waals surface area contributed by atoms with Crippen molar-refractivity contribution in [1.82, 2.24) is 8.54 Å². The van der Waals surface area contributed by atoms with Crippen LogP contribution < -0.4 is 10.4 Å². The van der Waals surface area contributed by atoms with Crippen LogP contribution in [0.15, 0.2) is 46.3 Å². The third-order valence-corrected chi connectivity index (χ3v) is 4.89. The second-order valence-corrected chi connectivity index (χ2v) is 7.80. The molecule has 1 aromatic carbocycles.